The highest BCUT2D eigenvalue weighted by atomic mass is 19.4. The quantitative estimate of drug-likeness (QED) is 0.646. The molecule has 0 amide bonds. The lowest BCUT2D eigenvalue weighted by Crippen LogP contribution is -2.36. The molecule has 2 rings (SSSR count). The van der Waals surface area contributed by atoms with E-state index in [2.05, 4.69) is 0 Å². The van der Waals surface area contributed by atoms with Gasteiger partial charge >= 0.3 is 6.98 Å². The Labute approximate surface area is 126 Å². The minimum Gasteiger partial charge on any atom is -0.445 e. The number of halogens is 4. The molecule has 0 spiro atoms. The summed E-state index contributed by atoms with van der Waals surface area (Å²) in [5.41, 5.74) is -0.268. The number of hydrogen-bond donors (Lipinski definition) is 2. The Balaban J connectivity index is 3.10. The van der Waals surface area contributed by atoms with Crippen molar-refractivity contribution in [2.24, 2.45) is 0 Å². The molecule has 0 aliphatic carbocycles. The van der Waals surface area contributed by atoms with Crippen molar-refractivity contribution in [3.8, 4) is 23.3 Å². The van der Waals surface area contributed by atoms with Crippen molar-refractivity contribution in [1.29, 1.82) is 10.5 Å². The van der Waals surface area contributed by atoms with Gasteiger partial charge in [-0.1, -0.05) is 17.6 Å². The van der Waals surface area contributed by atoms with Crippen molar-refractivity contribution >= 4 is 18.3 Å². The van der Waals surface area contributed by atoms with Gasteiger partial charge in [0, 0.05) is 5.56 Å². The molecule has 23 heavy (non-hydrogen) atoms. The second-order valence-corrected chi connectivity index (χ2v) is 4.50. The normalized spacial score (nSPS) is 10.9. The van der Waals surface area contributed by atoms with Gasteiger partial charge in [0.2, 0.25) is 0 Å². The number of nitrogen functional groups attached to an aromatic ring is 1. The molecule has 0 atom stereocenters. The predicted molar refractivity (Wildman–Crippen MR) is 75.0 cm³/mol. The van der Waals surface area contributed by atoms with Crippen molar-refractivity contribution in [3.63, 3.8) is 0 Å². The van der Waals surface area contributed by atoms with Crippen LogP contribution < -0.4 is 16.8 Å². The van der Waals surface area contributed by atoms with E-state index in [0.717, 1.165) is 12.1 Å². The van der Waals surface area contributed by atoms with Crippen LogP contribution in [0.5, 0.6) is 0 Å². The molecule has 0 fully saturated rings. The first-order valence-corrected chi connectivity index (χ1v) is 6.07. The number of anilines is 1. The summed E-state index contributed by atoms with van der Waals surface area (Å²) in [6.45, 7) is -5.66. The van der Waals surface area contributed by atoms with Crippen LogP contribution in [0.4, 0.5) is 23.2 Å². The SMILES string of the molecule is N#Cc1c(N)[nH]c(=O)c(C#N)c1-c1c(F)cccc1[B-](F)(F)F. The lowest BCUT2D eigenvalue weighted by molar-refractivity contribution is 0.500. The molecular weight excluding hydrogens is 315 g/mol. The van der Waals surface area contributed by atoms with Crippen molar-refractivity contribution in [2.75, 3.05) is 5.73 Å². The van der Waals surface area contributed by atoms with Crippen LogP contribution in [-0.4, -0.2) is 12.0 Å². The van der Waals surface area contributed by atoms with E-state index in [0.29, 0.717) is 6.07 Å². The average molecular weight is 321 g/mol. The van der Waals surface area contributed by atoms with Gasteiger partial charge in [-0.3, -0.25) is 4.79 Å². The van der Waals surface area contributed by atoms with Gasteiger partial charge in [0.05, 0.1) is 0 Å². The van der Waals surface area contributed by atoms with Crippen LogP contribution in [0.1, 0.15) is 11.1 Å². The largest absolute Gasteiger partial charge is 0.510 e. The van der Waals surface area contributed by atoms with Gasteiger partial charge in [0.25, 0.3) is 5.56 Å². The Hall–Kier alpha value is -3.27. The lowest BCUT2D eigenvalue weighted by atomic mass is 9.74. The topological polar surface area (TPSA) is 106 Å². The molecule has 5 nitrogen and oxygen atoms in total. The molecule has 0 aliphatic heterocycles. The third-order valence-electron chi connectivity index (χ3n) is 3.12. The fraction of sp³-hybridized carbons (Fsp3) is 0. The Morgan fingerprint density at radius 2 is 1.70 bits per heavy atom. The van der Waals surface area contributed by atoms with E-state index in [-0.39, 0.29) is 0 Å². The highest BCUT2D eigenvalue weighted by molar-refractivity contribution is 6.75. The van der Waals surface area contributed by atoms with Crippen LogP contribution in [-0.2, 0) is 0 Å². The molecular formula is C13H6BF4N4O-. The molecule has 10 heteroatoms. The van der Waals surface area contributed by atoms with E-state index < -0.39 is 51.9 Å². The van der Waals surface area contributed by atoms with Crippen molar-refractivity contribution in [2.45, 2.75) is 0 Å². The summed E-state index contributed by atoms with van der Waals surface area (Å²) in [6.07, 6.45) is 0. The summed E-state index contributed by atoms with van der Waals surface area (Å²) >= 11 is 0. The summed E-state index contributed by atoms with van der Waals surface area (Å²) in [6, 6.07) is 5.08. The lowest BCUT2D eigenvalue weighted by Gasteiger charge is -2.21. The number of nitriles is 2. The van der Waals surface area contributed by atoms with Gasteiger partial charge in [-0.15, -0.1) is 0 Å². The van der Waals surface area contributed by atoms with Crippen molar-refractivity contribution in [3.05, 3.63) is 45.5 Å². The van der Waals surface area contributed by atoms with Gasteiger partial charge < -0.3 is 23.7 Å². The number of hydrogen-bond acceptors (Lipinski definition) is 4. The van der Waals surface area contributed by atoms with Crippen LogP contribution in [0.2, 0.25) is 0 Å². The monoisotopic (exact) mass is 321 g/mol. The first kappa shape index (κ1) is 16.1. The third kappa shape index (κ3) is 2.62. The predicted octanol–water partition coefficient (Wildman–Crippen LogP) is 1.56. The number of aromatic amines is 1. The fourth-order valence-electron chi connectivity index (χ4n) is 2.17. The molecule has 0 aliphatic rings. The van der Waals surface area contributed by atoms with Crippen LogP contribution in [0.3, 0.4) is 0 Å². The molecule has 0 saturated heterocycles. The summed E-state index contributed by atoms with van der Waals surface area (Å²) < 4.78 is 53.7. The van der Waals surface area contributed by atoms with Gasteiger partial charge in [-0.25, -0.2) is 4.39 Å². The maximum absolute atomic E-state index is 14.1. The van der Waals surface area contributed by atoms with Gasteiger partial charge in [-0.2, -0.15) is 10.5 Å². The molecule has 0 unspecified atom stereocenters. The zero-order chi connectivity index (χ0) is 17.4. The van der Waals surface area contributed by atoms with Crippen LogP contribution >= 0.6 is 0 Å². The summed E-state index contributed by atoms with van der Waals surface area (Å²) in [5, 5.41) is 18.1. The maximum atomic E-state index is 14.1. The number of benzene rings is 1. The van der Waals surface area contributed by atoms with Crippen LogP contribution in [0.25, 0.3) is 11.1 Å². The van der Waals surface area contributed by atoms with E-state index >= 15 is 0 Å². The van der Waals surface area contributed by atoms with Gasteiger partial charge in [-0.05, 0) is 11.6 Å². The smallest absolute Gasteiger partial charge is 0.445 e. The van der Waals surface area contributed by atoms with E-state index in [4.69, 9.17) is 16.3 Å². The summed E-state index contributed by atoms with van der Waals surface area (Å²) in [4.78, 5) is 13.7. The standard InChI is InChI=1S/C13H6BF4N4O/c15-9-3-1-2-8(14(16,17)18)11(9)10-6(4-19)12(21)22-13(23)7(10)5-20/h1-3H,(H3,21,22,23)/q-1. The Kier molecular flexibility index (Phi) is 3.85. The molecule has 1 aromatic carbocycles. The first-order valence-electron chi connectivity index (χ1n) is 6.07. The van der Waals surface area contributed by atoms with Crippen molar-refractivity contribution in [1.82, 2.24) is 4.98 Å². The third-order valence-corrected chi connectivity index (χ3v) is 3.12. The Morgan fingerprint density at radius 3 is 2.22 bits per heavy atom. The number of nitrogens with one attached hydrogen (secondary N) is 1. The van der Waals surface area contributed by atoms with Crippen LogP contribution in [0, 0.1) is 28.5 Å². The number of nitrogens with zero attached hydrogens (tertiary/aromatic N) is 2. The van der Waals surface area contributed by atoms with Crippen molar-refractivity contribution < 1.29 is 17.3 Å². The van der Waals surface area contributed by atoms with Crippen LogP contribution in [0.15, 0.2) is 23.0 Å². The minimum atomic E-state index is -5.66. The number of aromatic nitrogens is 1. The van der Waals surface area contributed by atoms with E-state index in [1.54, 1.807) is 0 Å². The molecule has 0 saturated carbocycles. The molecule has 3 N–H and O–H groups in total. The highest BCUT2D eigenvalue weighted by Crippen LogP contribution is 2.31. The molecule has 1 heterocycles. The minimum absolute atomic E-state index is 0.546. The Morgan fingerprint density at radius 1 is 1.09 bits per heavy atom. The van der Waals surface area contributed by atoms with Gasteiger partial charge in [0.15, 0.2) is 0 Å². The second-order valence-electron chi connectivity index (χ2n) is 4.50. The molecule has 1 aromatic heterocycles. The second kappa shape index (κ2) is 5.50. The molecule has 2 aromatic rings. The molecule has 0 bridgehead atoms. The first-order chi connectivity index (χ1) is 10.7. The maximum Gasteiger partial charge on any atom is 0.510 e. The average Bonchev–Trinajstić information content (AvgIpc) is 2.45. The van der Waals surface area contributed by atoms with E-state index in [9.17, 15) is 22.1 Å². The fourth-order valence-corrected chi connectivity index (χ4v) is 2.17. The number of H-pyrrole nitrogens is 1. The zero-order valence-electron chi connectivity index (χ0n) is 11.2. The summed E-state index contributed by atoms with van der Waals surface area (Å²) in [5.74, 6) is -1.87. The summed E-state index contributed by atoms with van der Waals surface area (Å²) in [7, 11) is 0. The van der Waals surface area contributed by atoms with E-state index in [1.807, 2.05) is 4.98 Å². The number of nitrogens with two attached hydrogens (primary N) is 1. The van der Waals surface area contributed by atoms with Gasteiger partial charge in [0.1, 0.15) is 34.9 Å². The molecule has 0 radical (unpaired) electrons. The number of rotatable bonds is 2. The van der Waals surface area contributed by atoms with E-state index in [1.165, 1.54) is 12.1 Å². The number of pyridine rings is 1. The Bertz CT molecular complexity index is 937. The molecule has 116 valence electrons. The zero-order valence-corrected chi connectivity index (χ0v) is 11.2. The highest BCUT2D eigenvalue weighted by Gasteiger charge is 2.32.